The summed E-state index contributed by atoms with van der Waals surface area (Å²) in [4.78, 5) is 12.9. The zero-order valence-corrected chi connectivity index (χ0v) is 17.5. The number of nitrogens with one attached hydrogen (secondary N) is 1. The molecule has 3 aromatic rings. The van der Waals surface area contributed by atoms with E-state index in [4.69, 9.17) is 9.29 Å². The fraction of sp³-hybridized carbons (Fsp3) is 0.263. The maximum atomic E-state index is 13.7. The molecular formula is C19H16F5N3O5S. The molecule has 2 N–H and O–H groups in total. The number of aromatic nitrogens is 2. The number of hydrogen-bond donors (Lipinski definition) is 2. The smallest absolute Gasteiger partial charge is 0.416 e. The molecule has 0 radical (unpaired) electrons. The first kappa shape index (κ1) is 24.4. The molecular weight excluding hydrogens is 477 g/mol. The lowest BCUT2D eigenvalue weighted by Crippen LogP contribution is -2.46. The molecule has 1 unspecified atom stereocenters. The number of benzene rings is 2. The first-order valence-electron chi connectivity index (χ1n) is 9.06. The largest absolute Gasteiger partial charge is 0.467 e. The van der Waals surface area contributed by atoms with Crippen LogP contribution in [-0.2, 0) is 31.6 Å². The zero-order chi connectivity index (χ0) is 24.6. The second-order valence-electron chi connectivity index (χ2n) is 6.89. The number of carbonyl (C=O) groups excluding carboxylic acids is 1. The summed E-state index contributed by atoms with van der Waals surface area (Å²) < 4.78 is 105. The van der Waals surface area contributed by atoms with E-state index in [0.717, 1.165) is 30.1 Å². The molecule has 1 atom stereocenters. The van der Waals surface area contributed by atoms with Crippen LogP contribution < -0.4 is 4.72 Å². The number of hydrogen-bond acceptors (Lipinski definition) is 5. The van der Waals surface area contributed by atoms with Crippen LogP contribution in [0.3, 0.4) is 0 Å². The van der Waals surface area contributed by atoms with E-state index in [0.29, 0.717) is 12.1 Å². The highest BCUT2D eigenvalue weighted by Gasteiger charge is 2.48. The molecule has 1 aromatic heterocycles. The SMILES string of the molecule is COC(=O)C(CC(F)F)(c1ccc(C(F)(F)F)cc1)n1ncc2c(NS(=O)(=O)O)cccc21. The molecule has 0 aliphatic carbocycles. The lowest BCUT2D eigenvalue weighted by atomic mass is 9.85. The van der Waals surface area contributed by atoms with Crippen molar-refractivity contribution in [3.8, 4) is 0 Å². The molecule has 0 bridgehead atoms. The summed E-state index contributed by atoms with van der Waals surface area (Å²) in [5.74, 6) is -1.24. The van der Waals surface area contributed by atoms with Crippen LogP contribution >= 0.6 is 0 Å². The number of fused-ring (bicyclic) bond motifs is 1. The van der Waals surface area contributed by atoms with Crippen LogP contribution in [0.1, 0.15) is 17.5 Å². The van der Waals surface area contributed by atoms with Crippen molar-refractivity contribution in [3.63, 3.8) is 0 Å². The lowest BCUT2D eigenvalue weighted by molar-refractivity contribution is -0.151. The maximum Gasteiger partial charge on any atom is 0.416 e. The van der Waals surface area contributed by atoms with Gasteiger partial charge in [0.1, 0.15) is 0 Å². The second-order valence-corrected chi connectivity index (χ2v) is 8.05. The number of rotatable bonds is 7. The van der Waals surface area contributed by atoms with Gasteiger partial charge in [-0.25, -0.2) is 18.3 Å². The van der Waals surface area contributed by atoms with Crippen molar-refractivity contribution >= 4 is 32.9 Å². The third kappa shape index (κ3) is 4.75. The van der Waals surface area contributed by atoms with E-state index in [1.54, 1.807) is 0 Å². The van der Waals surface area contributed by atoms with Crippen molar-refractivity contribution in [2.24, 2.45) is 0 Å². The number of nitrogens with zero attached hydrogens (tertiary/aromatic N) is 2. The van der Waals surface area contributed by atoms with Crippen LogP contribution in [0.4, 0.5) is 27.6 Å². The summed E-state index contributed by atoms with van der Waals surface area (Å²) in [6.07, 6.45) is -7.98. The first-order chi connectivity index (χ1) is 15.3. The molecule has 0 saturated heterocycles. The Bertz CT molecular complexity index is 1280. The molecule has 178 valence electrons. The summed E-state index contributed by atoms with van der Waals surface area (Å²) in [6.45, 7) is 0. The van der Waals surface area contributed by atoms with Gasteiger partial charge in [0, 0.05) is 11.8 Å². The van der Waals surface area contributed by atoms with Crippen LogP contribution in [0.2, 0.25) is 0 Å². The summed E-state index contributed by atoms with van der Waals surface area (Å²) in [5, 5.41) is 3.99. The van der Waals surface area contributed by atoms with E-state index >= 15 is 0 Å². The number of halogens is 5. The Balaban J connectivity index is 2.32. The lowest BCUT2D eigenvalue weighted by Gasteiger charge is -2.32. The van der Waals surface area contributed by atoms with Gasteiger partial charge in [0.2, 0.25) is 6.43 Å². The Hall–Kier alpha value is -3.26. The first-order valence-corrected chi connectivity index (χ1v) is 10.5. The number of esters is 1. The maximum absolute atomic E-state index is 13.7. The van der Waals surface area contributed by atoms with Gasteiger partial charge in [-0.05, 0) is 29.8 Å². The molecule has 0 amide bonds. The number of anilines is 1. The summed E-state index contributed by atoms with van der Waals surface area (Å²) in [7, 11) is -3.79. The average molecular weight is 493 g/mol. The molecule has 0 aliphatic heterocycles. The molecule has 0 fully saturated rings. The minimum Gasteiger partial charge on any atom is -0.467 e. The van der Waals surface area contributed by atoms with Crippen LogP contribution in [0.15, 0.2) is 48.7 Å². The van der Waals surface area contributed by atoms with Gasteiger partial charge in [-0.2, -0.15) is 26.7 Å². The molecule has 14 heteroatoms. The van der Waals surface area contributed by atoms with Crippen molar-refractivity contribution in [1.82, 2.24) is 9.78 Å². The van der Waals surface area contributed by atoms with Crippen molar-refractivity contribution in [2.45, 2.75) is 24.6 Å². The molecule has 2 aromatic carbocycles. The van der Waals surface area contributed by atoms with Gasteiger partial charge in [0.25, 0.3) is 0 Å². The fourth-order valence-corrected chi connectivity index (χ4v) is 3.98. The molecule has 0 saturated carbocycles. The Labute approximate surface area is 183 Å². The standard InChI is InChI=1S/C19H16F5N3O5S/c1-32-17(28)18(9-16(20)21,11-5-7-12(8-6-11)19(22,23)24)27-15-4-2-3-14(13(15)10-25-27)26-33(29,30)31/h2-8,10,16,26H,9H2,1H3,(H,29,30,31). The van der Waals surface area contributed by atoms with Gasteiger partial charge >= 0.3 is 22.4 Å². The van der Waals surface area contributed by atoms with Gasteiger partial charge in [0.05, 0.1) is 30.1 Å². The van der Waals surface area contributed by atoms with Crippen LogP contribution in [-0.4, -0.2) is 42.3 Å². The van der Waals surface area contributed by atoms with Crippen molar-refractivity contribution in [1.29, 1.82) is 0 Å². The summed E-state index contributed by atoms with van der Waals surface area (Å²) in [6, 6.07) is 6.87. The minimum absolute atomic E-state index is 0.0181. The van der Waals surface area contributed by atoms with E-state index in [9.17, 15) is 35.2 Å². The monoisotopic (exact) mass is 493 g/mol. The van der Waals surface area contributed by atoms with Crippen LogP contribution in [0.5, 0.6) is 0 Å². The summed E-state index contributed by atoms with van der Waals surface area (Å²) >= 11 is 0. The Morgan fingerprint density at radius 2 is 1.76 bits per heavy atom. The predicted molar refractivity (Wildman–Crippen MR) is 106 cm³/mol. The van der Waals surface area contributed by atoms with Gasteiger partial charge in [-0.15, -0.1) is 0 Å². The van der Waals surface area contributed by atoms with Gasteiger partial charge < -0.3 is 4.74 Å². The highest BCUT2D eigenvalue weighted by molar-refractivity contribution is 7.87. The van der Waals surface area contributed by atoms with Crippen LogP contribution in [0, 0.1) is 0 Å². The highest BCUT2D eigenvalue weighted by Crippen LogP contribution is 2.39. The normalized spacial score (nSPS) is 14.3. The summed E-state index contributed by atoms with van der Waals surface area (Å²) in [5.41, 5.74) is -3.93. The number of alkyl halides is 5. The van der Waals surface area contributed by atoms with E-state index in [-0.39, 0.29) is 22.2 Å². The van der Waals surface area contributed by atoms with E-state index < -0.39 is 46.4 Å². The Kier molecular flexibility index (Phi) is 6.35. The van der Waals surface area contributed by atoms with Crippen molar-refractivity contribution in [2.75, 3.05) is 11.8 Å². The topological polar surface area (TPSA) is 111 Å². The van der Waals surface area contributed by atoms with E-state index in [1.807, 2.05) is 4.72 Å². The van der Waals surface area contributed by atoms with Gasteiger partial charge in [-0.3, -0.25) is 9.27 Å². The zero-order valence-electron chi connectivity index (χ0n) is 16.7. The molecule has 8 nitrogen and oxygen atoms in total. The number of carbonyl (C=O) groups is 1. The van der Waals surface area contributed by atoms with Gasteiger partial charge in [0.15, 0.2) is 5.54 Å². The molecule has 1 heterocycles. The third-order valence-corrected chi connectivity index (χ3v) is 5.35. The van der Waals surface area contributed by atoms with Crippen LogP contribution in [0.25, 0.3) is 10.9 Å². The average Bonchev–Trinajstić information content (AvgIpc) is 3.15. The van der Waals surface area contributed by atoms with E-state index in [2.05, 4.69) is 5.10 Å². The third-order valence-electron chi connectivity index (χ3n) is 4.88. The van der Waals surface area contributed by atoms with Crippen molar-refractivity contribution in [3.05, 3.63) is 59.8 Å². The van der Waals surface area contributed by atoms with Gasteiger partial charge in [-0.1, -0.05) is 18.2 Å². The fourth-order valence-electron chi connectivity index (χ4n) is 3.52. The predicted octanol–water partition coefficient (Wildman–Crippen LogP) is 3.84. The molecule has 3 rings (SSSR count). The second kappa shape index (κ2) is 8.59. The molecule has 0 spiro atoms. The Morgan fingerprint density at radius 1 is 1.15 bits per heavy atom. The molecule has 33 heavy (non-hydrogen) atoms. The Morgan fingerprint density at radius 3 is 2.27 bits per heavy atom. The highest BCUT2D eigenvalue weighted by atomic mass is 32.2. The van der Waals surface area contributed by atoms with E-state index in [1.165, 1.54) is 18.2 Å². The number of ether oxygens (including phenoxy) is 1. The quantitative estimate of drug-likeness (QED) is 0.294. The van der Waals surface area contributed by atoms with Crippen molar-refractivity contribution < 1.29 is 44.5 Å². The minimum atomic E-state index is -4.71. The molecule has 0 aliphatic rings. The number of methoxy groups -OCH3 is 1.